The van der Waals surface area contributed by atoms with Crippen LogP contribution in [0.25, 0.3) is 33.7 Å². The molecule has 134 valence electrons. The molecule has 4 aromatic rings. The number of furan rings is 1. The Morgan fingerprint density at radius 3 is 2.67 bits per heavy atom. The van der Waals surface area contributed by atoms with Gasteiger partial charge in [-0.3, -0.25) is 0 Å². The zero-order valence-electron chi connectivity index (χ0n) is 14.7. The summed E-state index contributed by atoms with van der Waals surface area (Å²) in [6.07, 6.45) is 3.87. The summed E-state index contributed by atoms with van der Waals surface area (Å²) in [5, 5.41) is 0.938. The molecule has 0 atom stereocenters. The van der Waals surface area contributed by atoms with E-state index in [1.807, 2.05) is 54.6 Å². The minimum absolute atomic E-state index is 0.317. The van der Waals surface area contributed by atoms with E-state index < -0.39 is 0 Å². The summed E-state index contributed by atoms with van der Waals surface area (Å²) in [6.45, 7) is 2.15. The van der Waals surface area contributed by atoms with E-state index in [4.69, 9.17) is 9.15 Å². The molecule has 0 aliphatic heterocycles. The first kappa shape index (κ1) is 17.2. The predicted molar refractivity (Wildman–Crippen MR) is 109 cm³/mol. The monoisotopic (exact) mass is 375 g/mol. The SMILES string of the molecule is CCOC(=O)c1ccc(-c2ccc(/C=C/c3nc4ccccc4s3)o2)cc1. The van der Waals surface area contributed by atoms with Crippen molar-refractivity contribution < 1.29 is 13.9 Å². The number of fused-ring (bicyclic) bond motifs is 1. The van der Waals surface area contributed by atoms with Crippen LogP contribution in [-0.2, 0) is 4.74 Å². The molecule has 4 nitrogen and oxygen atoms in total. The van der Waals surface area contributed by atoms with Crippen LogP contribution < -0.4 is 0 Å². The van der Waals surface area contributed by atoms with Gasteiger partial charge in [-0.1, -0.05) is 24.3 Å². The fraction of sp³-hybridized carbons (Fsp3) is 0.0909. The smallest absolute Gasteiger partial charge is 0.338 e. The number of aromatic nitrogens is 1. The molecule has 0 saturated carbocycles. The molecule has 0 N–H and O–H groups in total. The van der Waals surface area contributed by atoms with Crippen molar-refractivity contribution in [2.75, 3.05) is 6.61 Å². The lowest BCUT2D eigenvalue weighted by Crippen LogP contribution is -2.03. The first-order valence-corrected chi connectivity index (χ1v) is 9.45. The first-order chi connectivity index (χ1) is 13.2. The highest BCUT2D eigenvalue weighted by Gasteiger charge is 2.08. The van der Waals surface area contributed by atoms with Crippen molar-refractivity contribution in [2.45, 2.75) is 6.92 Å². The molecule has 2 aromatic heterocycles. The molecule has 0 fully saturated rings. The van der Waals surface area contributed by atoms with Crippen molar-refractivity contribution in [1.29, 1.82) is 0 Å². The maximum atomic E-state index is 11.7. The third-order valence-electron chi connectivity index (χ3n) is 4.01. The molecule has 0 saturated heterocycles. The van der Waals surface area contributed by atoms with Crippen LogP contribution in [0.5, 0.6) is 0 Å². The van der Waals surface area contributed by atoms with E-state index in [1.165, 1.54) is 4.70 Å². The first-order valence-electron chi connectivity index (χ1n) is 8.64. The number of hydrogen-bond acceptors (Lipinski definition) is 5. The van der Waals surface area contributed by atoms with E-state index in [0.29, 0.717) is 12.2 Å². The fourth-order valence-electron chi connectivity index (χ4n) is 2.70. The van der Waals surface area contributed by atoms with E-state index in [9.17, 15) is 4.79 Å². The minimum Gasteiger partial charge on any atom is -0.462 e. The molecule has 0 aliphatic rings. The molecule has 27 heavy (non-hydrogen) atoms. The van der Waals surface area contributed by atoms with Crippen LogP contribution in [0.3, 0.4) is 0 Å². The van der Waals surface area contributed by atoms with Crippen LogP contribution >= 0.6 is 11.3 Å². The van der Waals surface area contributed by atoms with Crippen LogP contribution in [0.2, 0.25) is 0 Å². The highest BCUT2D eigenvalue weighted by atomic mass is 32.1. The summed E-state index contributed by atoms with van der Waals surface area (Å²) in [6, 6.07) is 19.1. The average molecular weight is 375 g/mol. The van der Waals surface area contributed by atoms with Gasteiger partial charge in [0.15, 0.2) is 0 Å². The second-order valence-corrected chi connectivity index (χ2v) is 6.92. The van der Waals surface area contributed by atoms with Gasteiger partial charge in [0, 0.05) is 5.56 Å². The van der Waals surface area contributed by atoms with Crippen molar-refractivity contribution in [2.24, 2.45) is 0 Å². The molecule has 0 spiro atoms. The fourth-order valence-corrected chi connectivity index (χ4v) is 3.57. The van der Waals surface area contributed by atoms with Crippen LogP contribution in [0.4, 0.5) is 0 Å². The van der Waals surface area contributed by atoms with Gasteiger partial charge in [-0.25, -0.2) is 9.78 Å². The summed E-state index contributed by atoms with van der Waals surface area (Å²) in [7, 11) is 0. The van der Waals surface area contributed by atoms with Crippen molar-refractivity contribution in [3.8, 4) is 11.3 Å². The van der Waals surface area contributed by atoms with Crippen molar-refractivity contribution >= 4 is 39.7 Å². The summed E-state index contributed by atoms with van der Waals surface area (Å²) in [5.41, 5.74) is 2.44. The number of carbonyl (C=O) groups is 1. The van der Waals surface area contributed by atoms with E-state index in [0.717, 1.165) is 27.6 Å². The lowest BCUT2D eigenvalue weighted by Gasteiger charge is -2.02. The lowest BCUT2D eigenvalue weighted by atomic mass is 10.1. The number of ether oxygens (including phenoxy) is 1. The molecule has 0 unspecified atom stereocenters. The second-order valence-electron chi connectivity index (χ2n) is 5.85. The standard InChI is InChI=1S/C22H17NO3S/c1-2-25-22(24)16-9-7-15(8-10-16)19-13-11-17(26-19)12-14-21-23-18-5-3-4-6-20(18)27-21/h3-14H,2H2,1H3/b14-12+. The van der Waals surface area contributed by atoms with E-state index in [-0.39, 0.29) is 5.97 Å². The van der Waals surface area contributed by atoms with Crippen LogP contribution in [0, 0.1) is 0 Å². The van der Waals surface area contributed by atoms with Gasteiger partial charge in [0.25, 0.3) is 0 Å². The second kappa shape index (κ2) is 7.60. The van der Waals surface area contributed by atoms with Crippen LogP contribution in [-0.4, -0.2) is 17.6 Å². The summed E-state index contributed by atoms with van der Waals surface area (Å²) in [5.74, 6) is 1.18. The van der Waals surface area contributed by atoms with Crippen LogP contribution in [0.15, 0.2) is 65.1 Å². The minimum atomic E-state index is -0.317. The third-order valence-corrected chi connectivity index (χ3v) is 5.01. The Bertz CT molecular complexity index is 1070. The zero-order chi connectivity index (χ0) is 18.6. The maximum absolute atomic E-state index is 11.7. The van der Waals surface area contributed by atoms with Gasteiger partial charge in [0.2, 0.25) is 0 Å². The quantitative estimate of drug-likeness (QED) is 0.407. The molecule has 4 rings (SSSR count). The molecule has 0 aliphatic carbocycles. The Morgan fingerprint density at radius 2 is 1.89 bits per heavy atom. The van der Waals surface area contributed by atoms with Gasteiger partial charge in [0.05, 0.1) is 22.4 Å². The summed E-state index contributed by atoms with van der Waals surface area (Å²) >= 11 is 1.64. The van der Waals surface area contributed by atoms with Gasteiger partial charge >= 0.3 is 5.97 Å². The molecule has 5 heteroatoms. The number of thiazole rings is 1. The maximum Gasteiger partial charge on any atom is 0.338 e. The van der Waals surface area contributed by atoms with Crippen molar-refractivity contribution in [1.82, 2.24) is 4.98 Å². The third kappa shape index (κ3) is 3.83. The number of hydrogen-bond donors (Lipinski definition) is 0. The lowest BCUT2D eigenvalue weighted by molar-refractivity contribution is 0.0526. The van der Waals surface area contributed by atoms with E-state index in [2.05, 4.69) is 11.1 Å². The molecular weight excluding hydrogens is 358 g/mol. The Kier molecular flexibility index (Phi) is 4.85. The normalized spacial score (nSPS) is 11.3. The number of para-hydroxylation sites is 1. The van der Waals surface area contributed by atoms with Crippen molar-refractivity contribution in [3.63, 3.8) is 0 Å². The number of benzene rings is 2. The van der Waals surface area contributed by atoms with E-state index >= 15 is 0 Å². The molecule has 0 radical (unpaired) electrons. The Labute approximate surface area is 160 Å². The molecule has 2 aromatic carbocycles. The van der Waals surface area contributed by atoms with Crippen LogP contribution in [0.1, 0.15) is 28.0 Å². The van der Waals surface area contributed by atoms with Gasteiger partial charge in [0.1, 0.15) is 16.5 Å². The Morgan fingerprint density at radius 1 is 1.07 bits per heavy atom. The average Bonchev–Trinajstić information content (AvgIpc) is 3.33. The molecule has 2 heterocycles. The Balaban J connectivity index is 1.50. The highest BCUT2D eigenvalue weighted by Crippen LogP contribution is 2.26. The largest absolute Gasteiger partial charge is 0.462 e. The predicted octanol–water partition coefficient (Wildman–Crippen LogP) is 5.90. The van der Waals surface area contributed by atoms with E-state index in [1.54, 1.807) is 30.4 Å². The summed E-state index contributed by atoms with van der Waals surface area (Å²) in [4.78, 5) is 16.3. The topological polar surface area (TPSA) is 52.3 Å². The molecule has 0 amide bonds. The molecular formula is C22H17NO3S. The Hall–Kier alpha value is -3.18. The van der Waals surface area contributed by atoms with Gasteiger partial charge < -0.3 is 9.15 Å². The van der Waals surface area contributed by atoms with Gasteiger partial charge in [-0.2, -0.15) is 0 Å². The zero-order valence-corrected chi connectivity index (χ0v) is 15.5. The van der Waals surface area contributed by atoms with Gasteiger partial charge in [-0.05, 0) is 55.5 Å². The summed E-state index contributed by atoms with van der Waals surface area (Å²) < 4.78 is 12.0. The highest BCUT2D eigenvalue weighted by molar-refractivity contribution is 7.19. The number of esters is 1. The van der Waals surface area contributed by atoms with Gasteiger partial charge in [-0.15, -0.1) is 11.3 Å². The molecule has 0 bridgehead atoms. The number of nitrogens with zero attached hydrogens (tertiary/aromatic N) is 1. The number of rotatable bonds is 5. The van der Waals surface area contributed by atoms with Crippen molar-refractivity contribution in [3.05, 3.63) is 77.0 Å². The number of carbonyl (C=O) groups excluding carboxylic acids is 1.